The zero-order valence-corrected chi connectivity index (χ0v) is 29.2. The van der Waals surface area contributed by atoms with Gasteiger partial charge in [-0.15, -0.1) is 5.10 Å². The van der Waals surface area contributed by atoms with E-state index in [4.69, 9.17) is 17.2 Å². The molecular formula is C36H46FN11O5. The lowest BCUT2D eigenvalue weighted by Crippen LogP contribution is -2.57. The second kappa shape index (κ2) is 20.0. The van der Waals surface area contributed by atoms with Gasteiger partial charge in [0.15, 0.2) is 11.8 Å². The topological polar surface area (TPSA) is 265 Å². The van der Waals surface area contributed by atoms with Crippen molar-refractivity contribution in [3.8, 4) is 0 Å². The van der Waals surface area contributed by atoms with Crippen LogP contribution in [0.3, 0.4) is 0 Å². The summed E-state index contributed by atoms with van der Waals surface area (Å²) in [6.07, 6.45) is 6.53. The summed E-state index contributed by atoms with van der Waals surface area (Å²) in [7, 11) is 0. The quantitative estimate of drug-likeness (QED) is 0.0408. The molecule has 0 bridgehead atoms. The molecule has 1 fully saturated rings. The van der Waals surface area contributed by atoms with Crippen LogP contribution in [0, 0.1) is 5.92 Å². The number of hydrogen-bond donors (Lipinski definition) is 8. The van der Waals surface area contributed by atoms with Crippen LogP contribution >= 0.6 is 0 Å². The van der Waals surface area contributed by atoms with E-state index < -0.39 is 53.5 Å². The van der Waals surface area contributed by atoms with Gasteiger partial charge >= 0.3 is 0 Å². The Balaban J connectivity index is 1.48. The van der Waals surface area contributed by atoms with Crippen molar-refractivity contribution in [2.75, 3.05) is 11.9 Å². The first kappa shape index (κ1) is 39.7. The largest absolute Gasteiger partial charge is 0.370 e. The van der Waals surface area contributed by atoms with Crippen LogP contribution in [0.5, 0.6) is 0 Å². The minimum absolute atomic E-state index is 0.0930. The maximum absolute atomic E-state index is 14.5. The van der Waals surface area contributed by atoms with Gasteiger partial charge in [-0.05, 0) is 42.4 Å². The zero-order valence-electron chi connectivity index (χ0n) is 29.2. The molecule has 4 rings (SSSR count). The highest BCUT2D eigenvalue weighted by atomic mass is 19.1. The third-order valence-corrected chi connectivity index (χ3v) is 8.67. The lowest BCUT2D eigenvalue weighted by Gasteiger charge is -2.28. The van der Waals surface area contributed by atoms with E-state index in [2.05, 4.69) is 41.4 Å². The van der Waals surface area contributed by atoms with Crippen molar-refractivity contribution in [3.05, 3.63) is 83.4 Å². The summed E-state index contributed by atoms with van der Waals surface area (Å²) in [4.78, 5) is 73.5. The number of carbonyl (C=O) groups is 5. The molecule has 0 unspecified atom stereocenters. The van der Waals surface area contributed by atoms with Crippen LogP contribution in [0.4, 0.5) is 10.3 Å². The van der Waals surface area contributed by atoms with Gasteiger partial charge in [-0.3, -0.25) is 39.4 Å². The van der Waals surface area contributed by atoms with Crippen LogP contribution in [0.1, 0.15) is 73.1 Å². The van der Waals surface area contributed by atoms with Crippen LogP contribution in [0.15, 0.2) is 71.5 Å². The molecule has 1 aliphatic rings. The summed E-state index contributed by atoms with van der Waals surface area (Å²) < 4.78 is 14.5. The number of rotatable bonds is 18. The smallest absolute Gasteiger partial charge is 0.289 e. The van der Waals surface area contributed by atoms with E-state index in [0.717, 1.165) is 43.7 Å². The summed E-state index contributed by atoms with van der Waals surface area (Å²) >= 11 is 0. The van der Waals surface area contributed by atoms with Crippen molar-refractivity contribution in [2.45, 2.75) is 75.9 Å². The summed E-state index contributed by atoms with van der Waals surface area (Å²) in [5, 5.41) is 16.5. The van der Waals surface area contributed by atoms with E-state index in [1.807, 2.05) is 6.07 Å². The van der Waals surface area contributed by atoms with Crippen molar-refractivity contribution in [1.82, 2.24) is 31.1 Å². The minimum Gasteiger partial charge on any atom is -0.370 e. The predicted molar refractivity (Wildman–Crippen MR) is 196 cm³/mol. The van der Waals surface area contributed by atoms with Crippen LogP contribution in [-0.4, -0.2) is 75.3 Å². The lowest BCUT2D eigenvalue weighted by atomic mass is 9.84. The van der Waals surface area contributed by atoms with Crippen molar-refractivity contribution in [1.29, 1.82) is 0 Å². The van der Waals surface area contributed by atoms with E-state index in [-0.39, 0.29) is 49.5 Å². The minimum atomic E-state index is -1.15. The van der Waals surface area contributed by atoms with Crippen LogP contribution in [0.25, 0.3) is 6.08 Å². The highest BCUT2D eigenvalue weighted by Gasteiger charge is 2.32. The van der Waals surface area contributed by atoms with Gasteiger partial charge in [0, 0.05) is 13.0 Å². The number of nitrogens with zero attached hydrogens (tertiary/aromatic N) is 3. The van der Waals surface area contributed by atoms with Gasteiger partial charge in [0.1, 0.15) is 18.1 Å². The second-order valence-electron chi connectivity index (χ2n) is 12.8. The first-order chi connectivity index (χ1) is 25.5. The van der Waals surface area contributed by atoms with E-state index >= 15 is 0 Å². The number of amides is 5. The number of H-pyrrole nitrogens is 1. The molecule has 0 saturated heterocycles. The SMILES string of the molecule is NC(=O)[C@H](Cc1ccccc1)NC(=O)[C@H](CCCN=C(N)N)NC(=O)[C@H](CC1CCCCC1)NC(=O)c1nc(NC(=O)/C(F)=C/c2ccccc2)n[nH]1. The van der Waals surface area contributed by atoms with Gasteiger partial charge < -0.3 is 33.2 Å². The van der Waals surface area contributed by atoms with Gasteiger partial charge in [0.2, 0.25) is 29.5 Å². The monoisotopic (exact) mass is 731 g/mol. The maximum atomic E-state index is 14.5. The first-order valence-electron chi connectivity index (χ1n) is 17.4. The van der Waals surface area contributed by atoms with Crippen molar-refractivity contribution >= 4 is 47.5 Å². The average Bonchev–Trinajstić information content (AvgIpc) is 3.62. The van der Waals surface area contributed by atoms with Crippen molar-refractivity contribution in [3.63, 3.8) is 0 Å². The lowest BCUT2D eigenvalue weighted by molar-refractivity contribution is -0.132. The van der Waals surface area contributed by atoms with Gasteiger partial charge in [-0.1, -0.05) is 92.8 Å². The first-order valence-corrected chi connectivity index (χ1v) is 17.4. The predicted octanol–water partition coefficient (Wildman–Crippen LogP) is 1.57. The number of carbonyl (C=O) groups excluding carboxylic acids is 5. The average molecular weight is 732 g/mol. The number of aliphatic imine (C=N–C) groups is 1. The number of primary amides is 1. The number of aromatic nitrogens is 3. The number of guanidine groups is 1. The number of aromatic amines is 1. The molecule has 0 radical (unpaired) electrons. The van der Waals surface area contributed by atoms with Crippen LogP contribution < -0.4 is 38.5 Å². The summed E-state index contributed by atoms with van der Waals surface area (Å²) in [5.41, 5.74) is 17.8. The Hall–Kier alpha value is -6.13. The molecule has 1 aliphatic carbocycles. The fourth-order valence-electron chi connectivity index (χ4n) is 5.95. The van der Waals surface area contributed by atoms with Crippen molar-refractivity contribution < 1.29 is 28.4 Å². The zero-order chi connectivity index (χ0) is 38.2. The van der Waals surface area contributed by atoms with E-state index in [0.29, 0.717) is 12.0 Å². The Bertz CT molecular complexity index is 1760. The summed E-state index contributed by atoms with van der Waals surface area (Å²) in [6.45, 7) is 0.170. The van der Waals surface area contributed by atoms with Crippen LogP contribution in [0.2, 0.25) is 0 Å². The molecule has 1 aromatic heterocycles. The number of halogens is 1. The number of nitrogens with one attached hydrogen (secondary N) is 5. The Kier molecular flexibility index (Phi) is 15.0. The maximum Gasteiger partial charge on any atom is 0.289 e. The van der Waals surface area contributed by atoms with Gasteiger partial charge in [-0.2, -0.15) is 4.98 Å². The fraction of sp³-hybridized carbons (Fsp3) is 0.389. The Morgan fingerprint density at radius 3 is 2.17 bits per heavy atom. The molecule has 0 aliphatic heterocycles. The molecule has 3 aromatic rings. The Morgan fingerprint density at radius 1 is 0.868 bits per heavy atom. The standard InChI is InChI=1S/C36H46FN11O5/c37-25(19-22-11-4-1-5-12-22)31(50)46-36-45-30(47-48-36)34(53)44-28(21-24-15-8-3-9-16-24)33(52)42-26(17-10-18-41-35(39)40)32(51)43-27(29(38)49)20-23-13-6-2-7-14-23/h1-2,4-7,11-14,19,24,26-28H,3,8-10,15-18,20-21H2,(H2,38,49)(H,42,52)(H,43,51)(H,44,53)(H4,39,40,41)(H2,45,46,47,48,50)/b25-19-/t26-,27-,28-/m0/s1. The van der Waals surface area contributed by atoms with Gasteiger partial charge in [0.05, 0.1) is 0 Å². The summed E-state index contributed by atoms with van der Waals surface area (Å²) in [6, 6.07) is 14.0. The number of anilines is 1. The Morgan fingerprint density at radius 2 is 1.51 bits per heavy atom. The number of nitrogens with two attached hydrogens (primary N) is 3. The second-order valence-corrected chi connectivity index (χ2v) is 12.8. The molecule has 16 nitrogen and oxygen atoms in total. The molecule has 1 saturated carbocycles. The molecule has 17 heteroatoms. The molecule has 53 heavy (non-hydrogen) atoms. The van der Waals surface area contributed by atoms with Crippen LogP contribution in [-0.2, 0) is 25.6 Å². The summed E-state index contributed by atoms with van der Waals surface area (Å²) in [5.74, 6) is -5.83. The molecule has 1 heterocycles. The molecule has 11 N–H and O–H groups in total. The van der Waals surface area contributed by atoms with Gasteiger partial charge in [-0.25, -0.2) is 4.39 Å². The molecule has 0 spiro atoms. The molecule has 3 atom stereocenters. The fourth-order valence-corrected chi connectivity index (χ4v) is 5.95. The van der Waals surface area contributed by atoms with Crippen molar-refractivity contribution in [2.24, 2.45) is 28.1 Å². The van der Waals surface area contributed by atoms with E-state index in [1.165, 1.54) is 0 Å². The number of hydrogen-bond acceptors (Lipinski definition) is 8. The third-order valence-electron chi connectivity index (χ3n) is 8.67. The Labute approximate surface area is 306 Å². The van der Waals surface area contributed by atoms with E-state index in [9.17, 15) is 28.4 Å². The molecule has 282 valence electrons. The third kappa shape index (κ3) is 13.2. The molecular weight excluding hydrogens is 685 g/mol. The van der Waals surface area contributed by atoms with Gasteiger partial charge in [0.25, 0.3) is 11.8 Å². The normalized spacial score (nSPS) is 14.9. The molecule has 5 amide bonds. The number of benzene rings is 2. The molecule has 2 aromatic carbocycles. The highest BCUT2D eigenvalue weighted by molar-refractivity contribution is 6.04. The van der Waals surface area contributed by atoms with E-state index in [1.54, 1.807) is 54.6 Å². The highest BCUT2D eigenvalue weighted by Crippen LogP contribution is 2.27.